The Hall–Kier alpha value is -0.810. The summed E-state index contributed by atoms with van der Waals surface area (Å²) in [6, 6.07) is 0. The topological polar surface area (TPSA) is 70.0 Å². The maximum absolute atomic E-state index is 11.8. The van der Waals surface area contributed by atoms with Crippen LogP contribution in [0.1, 0.15) is 33.6 Å². The molecule has 2 N–H and O–H groups in total. The molecular formula is C12H23NO4. The van der Waals surface area contributed by atoms with Gasteiger partial charge in [0.1, 0.15) is 5.60 Å². The van der Waals surface area contributed by atoms with Crippen molar-refractivity contribution < 1.29 is 19.7 Å². The van der Waals surface area contributed by atoms with E-state index in [-0.39, 0.29) is 18.6 Å². The quantitative estimate of drug-likeness (QED) is 0.761. The van der Waals surface area contributed by atoms with Crippen LogP contribution >= 0.6 is 0 Å². The van der Waals surface area contributed by atoms with E-state index in [1.165, 1.54) is 0 Å². The van der Waals surface area contributed by atoms with E-state index < -0.39 is 11.7 Å². The molecule has 0 saturated carbocycles. The van der Waals surface area contributed by atoms with Gasteiger partial charge in [0, 0.05) is 25.6 Å². The first-order valence-electron chi connectivity index (χ1n) is 6.10. The SMILES string of the molecule is CC(C)(C)OC(=O)N1CC[C@H](O)[C@@H](CCO)C1. The molecule has 0 radical (unpaired) electrons. The molecule has 1 amide bonds. The second-order valence-corrected chi connectivity index (χ2v) is 5.55. The fourth-order valence-corrected chi connectivity index (χ4v) is 1.96. The minimum atomic E-state index is -0.500. The van der Waals surface area contributed by atoms with Gasteiger partial charge in [0.25, 0.3) is 0 Å². The molecule has 0 bridgehead atoms. The maximum atomic E-state index is 11.8. The Bertz CT molecular complexity index is 262. The van der Waals surface area contributed by atoms with E-state index in [9.17, 15) is 9.90 Å². The molecule has 100 valence electrons. The van der Waals surface area contributed by atoms with Crippen molar-refractivity contribution in [2.24, 2.45) is 5.92 Å². The van der Waals surface area contributed by atoms with E-state index in [0.717, 1.165) is 0 Å². The molecule has 17 heavy (non-hydrogen) atoms. The third-order valence-corrected chi connectivity index (χ3v) is 2.85. The Morgan fingerprint density at radius 1 is 1.47 bits per heavy atom. The molecule has 0 aromatic carbocycles. The van der Waals surface area contributed by atoms with Gasteiger partial charge in [-0.3, -0.25) is 0 Å². The van der Waals surface area contributed by atoms with Crippen molar-refractivity contribution in [1.29, 1.82) is 0 Å². The van der Waals surface area contributed by atoms with Gasteiger partial charge in [-0.2, -0.15) is 0 Å². The molecule has 5 nitrogen and oxygen atoms in total. The molecule has 0 aromatic rings. The molecule has 2 atom stereocenters. The van der Waals surface area contributed by atoms with E-state index in [2.05, 4.69) is 0 Å². The Kier molecular flexibility index (Phi) is 4.77. The van der Waals surface area contributed by atoms with Crippen LogP contribution in [0.4, 0.5) is 4.79 Å². The smallest absolute Gasteiger partial charge is 0.410 e. The fraction of sp³-hybridized carbons (Fsp3) is 0.917. The minimum absolute atomic E-state index is 0.0316. The first-order chi connectivity index (χ1) is 7.83. The summed E-state index contributed by atoms with van der Waals surface area (Å²) >= 11 is 0. The lowest BCUT2D eigenvalue weighted by atomic mass is 9.92. The van der Waals surface area contributed by atoms with Crippen LogP contribution in [0.2, 0.25) is 0 Å². The molecule has 1 aliphatic rings. The van der Waals surface area contributed by atoms with Crippen molar-refractivity contribution in [2.75, 3.05) is 19.7 Å². The molecule has 0 spiro atoms. The Morgan fingerprint density at radius 3 is 2.65 bits per heavy atom. The van der Waals surface area contributed by atoms with Crippen LogP contribution < -0.4 is 0 Å². The molecule has 1 rings (SSSR count). The summed E-state index contributed by atoms with van der Waals surface area (Å²) in [6.45, 7) is 6.48. The van der Waals surface area contributed by atoms with Crippen molar-refractivity contribution >= 4 is 6.09 Å². The van der Waals surface area contributed by atoms with Crippen molar-refractivity contribution in [3.8, 4) is 0 Å². The lowest BCUT2D eigenvalue weighted by molar-refractivity contribution is -0.0130. The lowest BCUT2D eigenvalue weighted by Crippen LogP contribution is -2.47. The number of hydrogen-bond donors (Lipinski definition) is 2. The molecule has 0 aromatic heterocycles. The molecule has 1 fully saturated rings. The molecule has 0 aliphatic carbocycles. The van der Waals surface area contributed by atoms with Gasteiger partial charge in [-0.15, -0.1) is 0 Å². The number of hydrogen-bond acceptors (Lipinski definition) is 4. The van der Waals surface area contributed by atoms with Crippen LogP contribution in [0.25, 0.3) is 0 Å². The second kappa shape index (κ2) is 5.69. The highest BCUT2D eigenvalue weighted by Crippen LogP contribution is 2.21. The van der Waals surface area contributed by atoms with Crippen molar-refractivity contribution in [3.05, 3.63) is 0 Å². The van der Waals surface area contributed by atoms with Crippen LogP contribution in [0.3, 0.4) is 0 Å². The van der Waals surface area contributed by atoms with Gasteiger partial charge in [-0.25, -0.2) is 4.79 Å². The van der Waals surface area contributed by atoms with E-state index in [4.69, 9.17) is 9.84 Å². The summed E-state index contributed by atoms with van der Waals surface area (Å²) < 4.78 is 5.28. The highest BCUT2D eigenvalue weighted by atomic mass is 16.6. The summed E-state index contributed by atoms with van der Waals surface area (Å²) in [6.07, 6.45) is 0.290. The fourth-order valence-electron chi connectivity index (χ4n) is 1.96. The second-order valence-electron chi connectivity index (χ2n) is 5.55. The van der Waals surface area contributed by atoms with Crippen molar-refractivity contribution in [3.63, 3.8) is 0 Å². The van der Waals surface area contributed by atoms with E-state index >= 15 is 0 Å². The van der Waals surface area contributed by atoms with Gasteiger partial charge < -0.3 is 19.8 Å². The number of carbonyl (C=O) groups excluding carboxylic acids is 1. The van der Waals surface area contributed by atoms with Crippen LogP contribution in [0.5, 0.6) is 0 Å². The normalized spacial score (nSPS) is 25.8. The average Bonchev–Trinajstić information content (AvgIpc) is 2.19. The zero-order valence-corrected chi connectivity index (χ0v) is 10.8. The van der Waals surface area contributed by atoms with E-state index in [0.29, 0.717) is 25.9 Å². The highest BCUT2D eigenvalue weighted by Gasteiger charge is 2.31. The number of aliphatic hydroxyl groups is 2. The third-order valence-electron chi connectivity index (χ3n) is 2.85. The number of amides is 1. The van der Waals surface area contributed by atoms with Gasteiger partial charge in [0.05, 0.1) is 6.10 Å². The summed E-state index contributed by atoms with van der Waals surface area (Å²) in [7, 11) is 0. The molecule has 1 aliphatic heterocycles. The van der Waals surface area contributed by atoms with Gasteiger partial charge in [0.15, 0.2) is 0 Å². The molecule has 0 unspecified atom stereocenters. The van der Waals surface area contributed by atoms with Gasteiger partial charge in [0.2, 0.25) is 0 Å². The van der Waals surface area contributed by atoms with Crippen LogP contribution in [-0.4, -0.2) is 52.6 Å². The van der Waals surface area contributed by atoms with Crippen LogP contribution in [-0.2, 0) is 4.74 Å². The Balaban J connectivity index is 2.52. The monoisotopic (exact) mass is 245 g/mol. The van der Waals surface area contributed by atoms with Crippen molar-refractivity contribution in [2.45, 2.75) is 45.3 Å². The number of rotatable bonds is 2. The van der Waals surface area contributed by atoms with Crippen molar-refractivity contribution in [1.82, 2.24) is 4.90 Å². The third kappa shape index (κ3) is 4.52. The van der Waals surface area contributed by atoms with E-state index in [1.807, 2.05) is 20.8 Å². The summed E-state index contributed by atoms with van der Waals surface area (Å²) in [5, 5.41) is 18.6. The van der Waals surface area contributed by atoms with E-state index in [1.54, 1.807) is 4.90 Å². The lowest BCUT2D eigenvalue weighted by Gasteiger charge is -2.36. The number of likely N-dealkylation sites (tertiary alicyclic amines) is 1. The predicted molar refractivity (Wildman–Crippen MR) is 63.6 cm³/mol. The first-order valence-corrected chi connectivity index (χ1v) is 6.10. The molecule has 1 heterocycles. The standard InChI is InChI=1S/C12H23NO4/c1-12(2,3)17-11(16)13-6-4-10(15)9(8-13)5-7-14/h9-10,14-15H,4-8H2,1-3H3/t9-,10-/m0/s1. The first kappa shape index (κ1) is 14.3. The summed E-state index contributed by atoms with van der Waals surface area (Å²) in [5.41, 5.74) is -0.500. The summed E-state index contributed by atoms with van der Waals surface area (Å²) in [5.74, 6) is -0.0544. The number of carbonyl (C=O) groups is 1. The predicted octanol–water partition coefficient (Wildman–Crippen LogP) is 0.987. The van der Waals surface area contributed by atoms with Gasteiger partial charge in [-0.1, -0.05) is 0 Å². The number of aliphatic hydroxyl groups excluding tert-OH is 2. The summed E-state index contributed by atoms with van der Waals surface area (Å²) in [4.78, 5) is 13.4. The van der Waals surface area contributed by atoms with Crippen LogP contribution in [0.15, 0.2) is 0 Å². The minimum Gasteiger partial charge on any atom is -0.444 e. The largest absolute Gasteiger partial charge is 0.444 e. The maximum Gasteiger partial charge on any atom is 0.410 e. The Labute approximate surface area is 102 Å². The Morgan fingerprint density at radius 2 is 2.12 bits per heavy atom. The number of nitrogens with zero attached hydrogens (tertiary/aromatic N) is 1. The molecular weight excluding hydrogens is 222 g/mol. The molecule has 1 saturated heterocycles. The highest BCUT2D eigenvalue weighted by molar-refractivity contribution is 5.68. The zero-order valence-electron chi connectivity index (χ0n) is 10.8. The average molecular weight is 245 g/mol. The van der Waals surface area contributed by atoms with Gasteiger partial charge >= 0.3 is 6.09 Å². The molecule has 5 heteroatoms. The number of piperidine rings is 1. The zero-order chi connectivity index (χ0) is 13.1. The number of ether oxygens (including phenoxy) is 1. The van der Waals surface area contributed by atoms with Gasteiger partial charge in [-0.05, 0) is 33.6 Å². The van der Waals surface area contributed by atoms with Crippen LogP contribution in [0, 0.1) is 5.92 Å².